The Bertz CT molecular complexity index is 210. The summed E-state index contributed by atoms with van der Waals surface area (Å²) >= 11 is 0. The van der Waals surface area contributed by atoms with Crippen molar-refractivity contribution in [3.8, 4) is 0 Å². The summed E-state index contributed by atoms with van der Waals surface area (Å²) in [5.74, 6) is 1.51. The highest BCUT2D eigenvalue weighted by molar-refractivity contribution is 5.83. The van der Waals surface area contributed by atoms with E-state index in [1.165, 1.54) is 12.8 Å². The summed E-state index contributed by atoms with van der Waals surface area (Å²) in [5.41, 5.74) is 0. The van der Waals surface area contributed by atoms with Gasteiger partial charge < -0.3 is 9.80 Å². The smallest absolute Gasteiger partial charge is 0.0990 e. The van der Waals surface area contributed by atoms with Gasteiger partial charge in [-0.1, -0.05) is 0 Å². The van der Waals surface area contributed by atoms with Gasteiger partial charge in [0.1, 0.15) is 0 Å². The summed E-state index contributed by atoms with van der Waals surface area (Å²) in [6.07, 6.45) is 2.50. The molecule has 1 aliphatic carbocycles. The average molecular weight is 181 g/mol. The van der Waals surface area contributed by atoms with Crippen molar-refractivity contribution in [2.45, 2.75) is 25.8 Å². The number of hydrogen-bond acceptors (Lipinski definition) is 2. The molecule has 1 N–H and O–H groups in total. The van der Waals surface area contributed by atoms with Gasteiger partial charge in [-0.3, -0.25) is 5.41 Å². The number of likely N-dealkylation sites (N-methyl/N-ethyl adjacent to an activating group) is 1. The fourth-order valence-corrected chi connectivity index (χ4v) is 1.88. The molecule has 0 spiro atoms. The fraction of sp³-hybridized carbons (Fsp3) is 0.900. The average Bonchev–Trinajstić information content (AvgIpc) is 2.91. The monoisotopic (exact) mass is 181 g/mol. The minimum absolute atomic E-state index is 0.604. The molecule has 2 rings (SSSR count). The number of rotatable bonds is 1. The molecule has 2 aliphatic rings. The first-order valence-electron chi connectivity index (χ1n) is 5.22. The third kappa shape index (κ3) is 1.85. The third-order valence-electron chi connectivity index (χ3n) is 3.26. The molecule has 0 aromatic carbocycles. The predicted octanol–water partition coefficient (Wildman–Crippen LogP) is 1.01. The Morgan fingerprint density at radius 1 is 1.31 bits per heavy atom. The van der Waals surface area contributed by atoms with E-state index in [1.807, 2.05) is 0 Å². The summed E-state index contributed by atoms with van der Waals surface area (Å²) < 4.78 is 0. The van der Waals surface area contributed by atoms with Gasteiger partial charge in [-0.25, -0.2) is 0 Å². The van der Waals surface area contributed by atoms with Gasteiger partial charge in [0, 0.05) is 31.6 Å². The highest BCUT2D eigenvalue weighted by Crippen LogP contribution is 2.31. The van der Waals surface area contributed by atoms with Crippen LogP contribution < -0.4 is 0 Å². The molecule has 1 saturated carbocycles. The van der Waals surface area contributed by atoms with Crippen LogP contribution in [0, 0.1) is 11.3 Å². The molecule has 1 aliphatic heterocycles. The van der Waals surface area contributed by atoms with Gasteiger partial charge >= 0.3 is 0 Å². The van der Waals surface area contributed by atoms with Crippen molar-refractivity contribution < 1.29 is 0 Å². The van der Waals surface area contributed by atoms with Gasteiger partial charge in [-0.05, 0) is 26.8 Å². The topological polar surface area (TPSA) is 30.3 Å². The highest BCUT2D eigenvalue weighted by atomic mass is 15.3. The van der Waals surface area contributed by atoms with Crippen LogP contribution in [0.3, 0.4) is 0 Å². The Kier molecular flexibility index (Phi) is 2.28. The Balaban J connectivity index is 1.90. The SMILES string of the molecule is CC1CN(C(=N)C2CC2)CCN1C. The zero-order valence-corrected chi connectivity index (χ0v) is 8.58. The summed E-state index contributed by atoms with van der Waals surface area (Å²) in [7, 11) is 2.17. The van der Waals surface area contributed by atoms with Gasteiger partial charge in [-0.2, -0.15) is 0 Å². The Labute approximate surface area is 80.2 Å². The number of piperazine rings is 1. The van der Waals surface area contributed by atoms with Crippen LogP contribution in [-0.4, -0.2) is 48.4 Å². The van der Waals surface area contributed by atoms with Crippen molar-refractivity contribution >= 4 is 5.84 Å². The van der Waals surface area contributed by atoms with Crippen LogP contribution in [0.15, 0.2) is 0 Å². The highest BCUT2D eigenvalue weighted by Gasteiger charge is 2.32. The van der Waals surface area contributed by atoms with Crippen LogP contribution in [0.2, 0.25) is 0 Å². The van der Waals surface area contributed by atoms with E-state index in [-0.39, 0.29) is 0 Å². The molecule has 0 aromatic heterocycles. The van der Waals surface area contributed by atoms with Crippen molar-refractivity contribution in [3.63, 3.8) is 0 Å². The van der Waals surface area contributed by atoms with E-state index in [0.29, 0.717) is 12.0 Å². The zero-order valence-electron chi connectivity index (χ0n) is 8.58. The molecule has 1 saturated heterocycles. The first-order chi connectivity index (χ1) is 6.18. The number of nitrogens with one attached hydrogen (secondary N) is 1. The molecule has 0 radical (unpaired) electrons. The van der Waals surface area contributed by atoms with Gasteiger partial charge in [-0.15, -0.1) is 0 Å². The standard InChI is InChI=1S/C10H19N3/c1-8-7-13(6-5-12(8)2)10(11)9-3-4-9/h8-9,11H,3-7H2,1-2H3. The predicted molar refractivity (Wildman–Crippen MR) is 54.1 cm³/mol. The van der Waals surface area contributed by atoms with E-state index in [4.69, 9.17) is 5.41 Å². The van der Waals surface area contributed by atoms with Gasteiger partial charge in [0.25, 0.3) is 0 Å². The van der Waals surface area contributed by atoms with E-state index in [9.17, 15) is 0 Å². The maximum Gasteiger partial charge on any atom is 0.0990 e. The van der Waals surface area contributed by atoms with Crippen LogP contribution in [0.4, 0.5) is 0 Å². The second-order valence-electron chi connectivity index (χ2n) is 4.44. The van der Waals surface area contributed by atoms with E-state index >= 15 is 0 Å². The molecule has 0 aromatic rings. The molecule has 0 bridgehead atoms. The minimum atomic E-state index is 0.604. The first-order valence-corrected chi connectivity index (χ1v) is 5.22. The normalized spacial score (nSPS) is 30.6. The van der Waals surface area contributed by atoms with E-state index < -0.39 is 0 Å². The van der Waals surface area contributed by atoms with Crippen molar-refractivity contribution in [1.29, 1.82) is 5.41 Å². The molecule has 1 unspecified atom stereocenters. The molecule has 0 amide bonds. The molecule has 74 valence electrons. The van der Waals surface area contributed by atoms with Crippen molar-refractivity contribution in [2.75, 3.05) is 26.7 Å². The lowest BCUT2D eigenvalue weighted by atomic mass is 10.2. The lowest BCUT2D eigenvalue weighted by molar-refractivity contribution is 0.150. The summed E-state index contributed by atoms with van der Waals surface area (Å²) in [6, 6.07) is 0.604. The quantitative estimate of drug-likeness (QED) is 0.483. The van der Waals surface area contributed by atoms with E-state index in [1.54, 1.807) is 0 Å². The van der Waals surface area contributed by atoms with E-state index in [0.717, 1.165) is 25.5 Å². The molecule has 2 fully saturated rings. The van der Waals surface area contributed by atoms with Gasteiger partial charge in [0.05, 0.1) is 5.84 Å². The molecule has 3 nitrogen and oxygen atoms in total. The molecule has 3 heteroatoms. The largest absolute Gasteiger partial charge is 0.357 e. The van der Waals surface area contributed by atoms with Crippen molar-refractivity contribution in [3.05, 3.63) is 0 Å². The van der Waals surface area contributed by atoms with Crippen molar-refractivity contribution in [1.82, 2.24) is 9.80 Å². The van der Waals surface area contributed by atoms with Crippen LogP contribution in [0.5, 0.6) is 0 Å². The molecule has 13 heavy (non-hydrogen) atoms. The first kappa shape index (κ1) is 9.00. The molecular formula is C10H19N3. The summed E-state index contributed by atoms with van der Waals surface area (Å²) in [4.78, 5) is 4.64. The summed E-state index contributed by atoms with van der Waals surface area (Å²) in [5, 5.41) is 7.96. The van der Waals surface area contributed by atoms with Crippen LogP contribution in [0.25, 0.3) is 0 Å². The lowest BCUT2D eigenvalue weighted by Crippen LogP contribution is -2.52. The number of amidine groups is 1. The number of hydrogen-bond donors (Lipinski definition) is 1. The van der Waals surface area contributed by atoms with Gasteiger partial charge in [0.15, 0.2) is 0 Å². The maximum atomic E-state index is 7.96. The Hall–Kier alpha value is -0.570. The second kappa shape index (κ2) is 3.29. The minimum Gasteiger partial charge on any atom is -0.357 e. The summed E-state index contributed by atoms with van der Waals surface area (Å²) in [6.45, 7) is 5.45. The van der Waals surface area contributed by atoms with Gasteiger partial charge in [0.2, 0.25) is 0 Å². The number of nitrogens with zero attached hydrogens (tertiary/aromatic N) is 2. The lowest BCUT2D eigenvalue weighted by Gasteiger charge is -2.39. The molecular weight excluding hydrogens is 162 g/mol. The van der Waals surface area contributed by atoms with Crippen molar-refractivity contribution in [2.24, 2.45) is 5.92 Å². The second-order valence-corrected chi connectivity index (χ2v) is 4.44. The van der Waals surface area contributed by atoms with Crippen LogP contribution >= 0.6 is 0 Å². The van der Waals surface area contributed by atoms with Crippen LogP contribution in [-0.2, 0) is 0 Å². The molecule has 1 heterocycles. The maximum absolute atomic E-state index is 7.96. The fourth-order valence-electron chi connectivity index (χ4n) is 1.88. The zero-order chi connectivity index (χ0) is 9.42. The van der Waals surface area contributed by atoms with E-state index in [2.05, 4.69) is 23.8 Å². The Morgan fingerprint density at radius 3 is 2.54 bits per heavy atom. The molecule has 1 atom stereocenters. The third-order valence-corrected chi connectivity index (χ3v) is 3.26. The van der Waals surface area contributed by atoms with Crippen LogP contribution in [0.1, 0.15) is 19.8 Å². The Morgan fingerprint density at radius 2 is 2.00 bits per heavy atom.